The Morgan fingerprint density at radius 1 is 1.18 bits per heavy atom. The number of carbonyl (C=O) groups is 1. The van der Waals surface area contributed by atoms with Crippen LogP contribution in [-0.4, -0.2) is 42.3 Å². The highest BCUT2D eigenvalue weighted by Crippen LogP contribution is 2.41. The van der Waals surface area contributed by atoms with Crippen molar-refractivity contribution in [2.24, 2.45) is 4.99 Å². The molecule has 146 valence electrons. The maximum absolute atomic E-state index is 14.4. The Kier molecular flexibility index (Phi) is 5.20. The summed E-state index contributed by atoms with van der Waals surface area (Å²) in [6.45, 7) is 0. The van der Waals surface area contributed by atoms with Gasteiger partial charge in [0.1, 0.15) is 5.82 Å². The van der Waals surface area contributed by atoms with Crippen LogP contribution in [0.1, 0.15) is 5.56 Å². The van der Waals surface area contributed by atoms with Crippen LogP contribution in [0.3, 0.4) is 0 Å². The van der Waals surface area contributed by atoms with Crippen molar-refractivity contribution in [3.63, 3.8) is 0 Å². The average Bonchev–Trinajstić information content (AvgIpc) is 3.08. The summed E-state index contributed by atoms with van der Waals surface area (Å²) < 4.78 is 38.5. The largest absolute Gasteiger partial charge is 0.313 e. The first-order valence-corrected chi connectivity index (χ1v) is 11.7. The van der Waals surface area contributed by atoms with E-state index >= 15 is 0 Å². The van der Waals surface area contributed by atoms with E-state index in [1.54, 1.807) is 47.4 Å². The van der Waals surface area contributed by atoms with Crippen LogP contribution in [0, 0.1) is 5.82 Å². The summed E-state index contributed by atoms with van der Waals surface area (Å²) in [6, 6.07) is 12.6. The lowest BCUT2D eigenvalue weighted by molar-refractivity contribution is -0.117. The number of sulfone groups is 1. The van der Waals surface area contributed by atoms with Crippen molar-refractivity contribution in [1.29, 1.82) is 0 Å². The van der Waals surface area contributed by atoms with Crippen molar-refractivity contribution in [1.82, 2.24) is 0 Å². The van der Waals surface area contributed by atoms with E-state index in [9.17, 15) is 17.6 Å². The van der Waals surface area contributed by atoms with Gasteiger partial charge in [-0.05, 0) is 29.8 Å². The number of hydrogen-bond acceptors (Lipinski definition) is 4. The number of hydrogen-bond donors (Lipinski definition) is 0. The van der Waals surface area contributed by atoms with Gasteiger partial charge in [0, 0.05) is 10.3 Å². The number of rotatable bonds is 3. The van der Waals surface area contributed by atoms with E-state index in [0.717, 1.165) is 5.56 Å². The summed E-state index contributed by atoms with van der Waals surface area (Å²) >= 11 is 7.08. The molecule has 2 aromatic rings. The number of aliphatic imine (C=N–C) groups is 1. The maximum Gasteiger partial charge on any atom is 0.252 e. The molecule has 9 heteroatoms. The van der Waals surface area contributed by atoms with E-state index in [2.05, 4.69) is 4.99 Å². The van der Waals surface area contributed by atoms with E-state index < -0.39 is 21.7 Å². The predicted molar refractivity (Wildman–Crippen MR) is 110 cm³/mol. The lowest BCUT2D eigenvalue weighted by atomic mass is 10.1. The number of para-hydroxylation sites is 1. The van der Waals surface area contributed by atoms with Gasteiger partial charge in [-0.1, -0.05) is 47.6 Å². The fourth-order valence-electron chi connectivity index (χ4n) is 3.42. The average molecular weight is 439 g/mol. The van der Waals surface area contributed by atoms with Crippen LogP contribution < -0.4 is 4.90 Å². The van der Waals surface area contributed by atoms with Gasteiger partial charge in [0.25, 0.3) is 5.91 Å². The topological polar surface area (TPSA) is 66.8 Å². The minimum absolute atomic E-state index is 0.00230. The fourth-order valence-corrected chi connectivity index (χ4v) is 7.47. The van der Waals surface area contributed by atoms with Crippen LogP contribution in [0.4, 0.5) is 10.1 Å². The molecule has 5 nitrogen and oxygen atoms in total. The van der Waals surface area contributed by atoms with Gasteiger partial charge in [-0.15, -0.1) is 0 Å². The summed E-state index contributed by atoms with van der Waals surface area (Å²) in [5, 5.41) is 0.647. The molecule has 2 aromatic carbocycles. The molecule has 2 fully saturated rings. The number of fused-ring (bicyclic) bond motifs is 1. The van der Waals surface area contributed by atoms with Gasteiger partial charge >= 0.3 is 0 Å². The van der Waals surface area contributed by atoms with Gasteiger partial charge in [0.2, 0.25) is 0 Å². The van der Waals surface area contributed by atoms with E-state index in [4.69, 9.17) is 11.6 Å². The van der Waals surface area contributed by atoms with Gasteiger partial charge in [0.05, 0.1) is 29.7 Å². The Bertz CT molecular complexity index is 1060. The first-order chi connectivity index (χ1) is 13.3. The Labute approximate surface area is 171 Å². The highest BCUT2D eigenvalue weighted by atomic mass is 35.5. The SMILES string of the molecule is O=C(Cc1ccc(Cl)cc1)N=C1S[C@H]2CS(=O)(=O)C[C@@H]2N1c1ccccc1F. The van der Waals surface area contributed by atoms with Crippen molar-refractivity contribution in [3.05, 3.63) is 64.9 Å². The first-order valence-electron chi connectivity index (χ1n) is 8.59. The summed E-state index contributed by atoms with van der Waals surface area (Å²) in [7, 11) is -3.20. The molecule has 2 saturated heterocycles. The number of carbonyl (C=O) groups excluding carboxylic acids is 1. The number of amides is 1. The van der Waals surface area contributed by atoms with Gasteiger partial charge in [-0.2, -0.15) is 4.99 Å². The molecule has 0 unspecified atom stereocenters. The highest BCUT2D eigenvalue weighted by molar-refractivity contribution is 8.16. The van der Waals surface area contributed by atoms with Crippen molar-refractivity contribution in [2.75, 3.05) is 16.4 Å². The Morgan fingerprint density at radius 2 is 1.89 bits per heavy atom. The molecule has 2 aliphatic heterocycles. The van der Waals surface area contributed by atoms with Crippen LogP contribution >= 0.6 is 23.4 Å². The molecule has 2 aliphatic rings. The van der Waals surface area contributed by atoms with Crippen LogP contribution in [0.25, 0.3) is 0 Å². The van der Waals surface area contributed by atoms with Crippen LogP contribution in [-0.2, 0) is 21.1 Å². The number of thioether (sulfide) groups is 1. The molecule has 4 rings (SSSR count). The highest BCUT2D eigenvalue weighted by Gasteiger charge is 2.49. The molecule has 2 atom stereocenters. The second kappa shape index (κ2) is 7.50. The molecule has 0 N–H and O–H groups in total. The van der Waals surface area contributed by atoms with Crippen molar-refractivity contribution < 1.29 is 17.6 Å². The van der Waals surface area contributed by atoms with Gasteiger partial charge in [0.15, 0.2) is 15.0 Å². The fraction of sp³-hybridized carbons (Fsp3) is 0.263. The summed E-state index contributed by atoms with van der Waals surface area (Å²) in [4.78, 5) is 18.2. The smallest absolute Gasteiger partial charge is 0.252 e. The van der Waals surface area contributed by atoms with E-state index in [1.165, 1.54) is 17.8 Å². The monoisotopic (exact) mass is 438 g/mol. The standard InChI is InChI=1S/C19H16ClFN2O3S2/c20-13-7-5-12(6-8-13)9-18(24)22-19-23(15-4-2-1-3-14(15)21)16-10-28(25,26)11-17(16)27-19/h1-8,16-17H,9-11H2/t16-,17-/m0/s1. The molecule has 2 heterocycles. The lowest BCUT2D eigenvalue weighted by Gasteiger charge is -2.24. The molecule has 0 spiro atoms. The Hall–Kier alpha value is -1.90. The first kappa shape index (κ1) is 19.4. The zero-order valence-corrected chi connectivity index (χ0v) is 17.0. The van der Waals surface area contributed by atoms with Crippen molar-refractivity contribution in [3.8, 4) is 0 Å². The van der Waals surface area contributed by atoms with E-state index in [0.29, 0.717) is 10.2 Å². The minimum Gasteiger partial charge on any atom is -0.313 e. The Balaban J connectivity index is 1.65. The second-order valence-corrected chi connectivity index (χ2v) is 10.5. The molecule has 0 saturated carbocycles. The lowest BCUT2D eigenvalue weighted by Crippen LogP contribution is -2.38. The molecule has 0 radical (unpaired) electrons. The molecular weight excluding hydrogens is 423 g/mol. The normalized spacial score (nSPS) is 24.5. The minimum atomic E-state index is -3.20. The third kappa shape index (κ3) is 3.94. The van der Waals surface area contributed by atoms with Crippen molar-refractivity contribution >= 4 is 50.0 Å². The molecule has 1 amide bonds. The number of halogens is 2. The summed E-state index contributed by atoms with van der Waals surface area (Å²) in [5.41, 5.74) is 1.000. The molecule has 0 aliphatic carbocycles. The van der Waals surface area contributed by atoms with Crippen LogP contribution in [0.2, 0.25) is 5.02 Å². The predicted octanol–water partition coefficient (Wildman–Crippen LogP) is 3.32. The third-order valence-electron chi connectivity index (χ3n) is 4.67. The van der Waals surface area contributed by atoms with Crippen LogP contribution in [0.15, 0.2) is 53.5 Å². The molecule has 0 bridgehead atoms. The molecular formula is C19H16ClFN2O3S2. The second-order valence-electron chi connectivity index (χ2n) is 6.71. The van der Waals surface area contributed by atoms with Gasteiger partial charge in [-0.25, -0.2) is 12.8 Å². The van der Waals surface area contributed by atoms with Crippen LogP contribution in [0.5, 0.6) is 0 Å². The maximum atomic E-state index is 14.4. The number of anilines is 1. The zero-order chi connectivity index (χ0) is 19.9. The summed E-state index contributed by atoms with van der Waals surface area (Å²) in [6.07, 6.45) is 0.0833. The molecule has 0 aromatic heterocycles. The molecule has 28 heavy (non-hydrogen) atoms. The van der Waals surface area contributed by atoms with Crippen molar-refractivity contribution in [2.45, 2.75) is 17.7 Å². The Morgan fingerprint density at radius 3 is 2.61 bits per heavy atom. The zero-order valence-electron chi connectivity index (χ0n) is 14.6. The quantitative estimate of drug-likeness (QED) is 0.735. The third-order valence-corrected chi connectivity index (χ3v) is 8.13. The van der Waals surface area contributed by atoms with E-state index in [-0.39, 0.29) is 34.8 Å². The number of amidine groups is 1. The van der Waals surface area contributed by atoms with Gasteiger partial charge < -0.3 is 4.90 Å². The summed E-state index contributed by atoms with van der Waals surface area (Å²) in [5.74, 6) is -0.943. The number of nitrogens with zero attached hydrogens (tertiary/aromatic N) is 2. The number of benzene rings is 2. The van der Waals surface area contributed by atoms with E-state index in [1.807, 2.05) is 0 Å². The van der Waals surface area contributed by atoms with Gasteiger partial charge in [-0.3, -0.25) is 4.79 Å².